The zero-order valence-electron chi connectivity index (χ0n) is 13.0. The van der Waals surface area contributed by atoms with Crippen LogP contribution in [0.15, 0.2) is 11.5 Å². The summed E-state index contributed by atoms with van der Waals surface area (Å²) in [7, 11) is 2.95. The summed E-state index contributed by atoms with van der Waals surface area (Å²) < 4.78 is 6.59. The Hall–Kier alpha value is -2.58. The van der Waals surface area contributed by atoms with Crippen molar-refractivity contribution in [2.45, 2.75) is 26.3 Å². The molecule has 1 aromatic rings. The second-order valence-corrected chi connectivity index (χ2v) is 4.39. The molecule has 0 unspecified atom stereocenters. The van der Waals surface area contributed by atoms with Crippen molar-refractivity contribution in [1.29, 1.82) is 0 Å². The SMILES string of the molecule is CCOC(=O)CCCn1cnc(C(N)=NOC)c1N(C)C=O. The maximum absolute atomic E-state index is 11.3. The van der Waals surface area contributed by atoms with Crippen molar-refractivity contribution in [3.63, 3.8) is 0 Å². The Labute approximate surface area is 128 Å². The Bertz CT molecular complexity index is 541. The molecule has 22 heavy (non-hydrogen) atoms. The van der Waals surface area contributed by atoms with Crippen molar-refractivity contribution in [3.8, 4) is 0 Å². The Morgan fingerprint density at radius 3 is 2.91 bits per heavy atom. The van der Waals surface area contributed by atoms with Crippen LogP contribution in [0, 0.1) is 0 Å². The third kappa shape index (κ3) is 4.47. The van der Waals surface area contributed by atoms with Gasteiger partial charge in [0, 0.05) is 20.0 Å². The maximum atomic E-state index is 11.3. The molecule has 0 aliphatic heterocycles. The van der Waals surface area contributed by atoms with Gasteiger partial charge in [-0.3, -0.25) is 9.59 Å². The number of ether oxygens (including phenoxy) is 1. The number of amidine groups is 1. The van der Waals surface area contributed by atoms with E-state index in [1.165, 1.54) is 18.3 Å². The molecule has 0 saturated carbocycles. The van der Waals surface area contributed by atoms with Gasteiger partial charge in [-0.25, -0.2) is 4.98 Å². The van der Waals surface area contributed by atoms with Crippen LogP contribution in [0.25, 0.3) is 0 Å². The van der Waals surface area contributed by atoms with Gasteiger partial charge in [0.2, 0.25) is 6.41 Å². The highest BCUT2D eigenvalue weighted by atomic mass is 16.6. The van der Waals surface area contributed by atoms with Gasteiger partial charge in [-0.05, 0) is 13.3 Å². The van der Waals surface area contributed by atoms with E-state index in [0.717, 1.165) is 0 Å². The van der Waals surface area contributed by atoms with Crippen molar-refractivity contribution >= 4 is 24.0 Å². The van der Waals surface area contributed by atoms with Gasteiger partial charge in [-0.1, -0.05) is 5.16 Å². The summed E-state index contributed by atoms with van der Waals surface area (Å²) in [5.41, 5.74) is 6.10. The second kappa shape index (κ2) is 8.65. The van der Waals surface area contributed by atoms with Crippen molar-refractivity contribution in [2.24, 2.45) is 10.9 Å². The van der Waals surface area contributed by atoms with Gasteiger partial charge < -0.3 is 24.8 Å². The number of imidazole rings is 1. The molecular weight excluding hydrogens is 290 g/mol. The Morgan fingerprint density at radius 1 is 1.59 bits per heavy atom. The third-order valence-corrected chi connectivity index (χ3v) is 2.82. The van der Waals surface area contributed by atoms with Crippen LogP contribution in [-0.4, -0.2) is 48.5 Å². The predicted octanol–water partition coefficient (Wildman–Crippen LogP) is 0.0857. The van der Waals surface area contributed by atoms with E-state index >= 15 is 0 Å². The van der Waals surface area contributed by atoms with Crippen LogP contribution in [0.1, 0.15) is 25.5 Å². The molecule has 1 heterocycles. The third-order valence-electron chi connectivity index (χ3n) is 2.82. The highest BCUT2D eigenvalue weighted by molar-refractivity contribution is 6.01. The van der Waals surface area contributed by atoms with Crippen LogP contribution >= 0.6 is 0 Å². The number of carbonyl (C=O) groups is 2. The molecule has 0 aliphatic carbocycles. The van der Waals surface area contributed by atoms with Crippen molar-refractivity contribution in [3.05, 3.63) is 12.0 Å². The molecule has 1 aromatic heterocycles. The smallest absolute Gasteiger partial charge is 0.305 e. The number of rotatable bonds is 9. The number of aryl methyl sites for hydroxylation is 1. The van der Waals surface area contributed by atoms with E-state index < -0.39 is 0 Å². The van der Waals surface area contributed by atoms with Crippen LogP contribution in [0.3, 0.4) is 0 Å². The highest BCUT2D eigenvalue weighted by Gasteiger charge is 2.18. The van der Waals surface area contributed by atoms with Crippen LogP contribution in [0.2, 0.25) is 0 Å². The number of esters is 1. The summed E-state index contributed by atoms with van der Waals surface area (Å²) in [4.78, 5) is 32.5. The van der Waals surface area contributed by atoms with Crippen molar-refractivity contribution in [1.82, 2.24) is 9.55 Å². The predicted molar refractivity (Wildman–Crippen MR) is 80.3 cm³/mol. The molecule has 0 saturated heterocycles. The molecule has 9 nitrogen and oxygen atoms in total. The maximum Gasteiger partial charge on any atom is 0.305 e. The summed E-state index contributed by atoms with van der Waals surface area (Å²) in [5, 5.41) is 3.62. The first kappa shape index (κ1) is 17.5. The van der Waals surface area contributed by atoms with Gasteiger partial charge in [0.1, 0.15) is 12.9 Å². The lowest BCUT2D eigenvalue weighted by Crippen LogP contribution is -2.24. The average Bonchev–Trinajstić information content (AvgIpc) is 2.91. The first-order chi connectivity index (χ1) is 10.5. The molecule has 0 radical (unpaired) electrons. The van der Waals surface area contributed by atoms with Gasteiger partial charge in [0.25, 0.3) is 0 Å². The molecule has 0 aliphatic rings. The molecule has 0 spiro atoms. The summed E-state index contributed by atoms with van der Waals surface area (Å²) in [5.74, 6) is 0.293. The first-order valence-corrected chi connectivity index (χ1v) is 6.81. The van der Waals surface area contributed by atoms with Crippen molar-refractivity contribution < 1.29 is 19.2 Å². The molecule has 0 bridgehead atoms. The van der Waals surface area contributed by atoms with E-state index in [1.54, 1.807) is 18.5 Å². The lowest BCUT2D eigenvalue weighted by molar-refractivity contribution is -0.143. The van der Waals surface area contributed by atoms with Crippen LogP contribution in [0.5, 0.6) is 0 Å². The van der Waals surface area contributed by atoms with E-state index in [9.17, 15) is 9.59 Å². The Kier molecular flexibility index (Phi) is 6.87. The topological polar surface area (TPSA) is 112 Å². The number of hydrogen-bond donors (Lipinski definition) is 1. The molecule has 2 N–H and O–H groups in total. The van der Waals surface area contributed by atoms with E-state index in [1.807, 2.05) is 0 Å². The van der Waals surface area contributed by atoms with Crippen molar-refractivity contribution in [2.75, 3.05) is 25.7 Å². The molecule has 0 aromatic carbocycles. The monoisotopic (exact) mass is 311 g/mol. The number of nitrogens with two attached hydrogens (primary N) is 1. The zero-order chi connectivity index (χ0) is 16.5. The summed E-state index contributed by atoms with van der Waals surface area (Å²) in [6, 6.07) is 0. The fourth-order valence-electron chi connectivity index (χ4n) is 1.91. The minimum atomic E-state index is -0.256. The van der Waals surface area contributed by atoms with Crippen LogP contribution < -0.4 is 10.6 Å². The highest BCUT2D eigenvalue weighted by Crippen LogP contribution is 2.18. The van der Waals surface area contributed by atoms with E-state index in [4.69, 9.17) is 10.5 Å². The van der Waals surface area contributed by atoms with E-state index in [-0.39, 0.29) is 18.2 Å². The lowest BCUT2D eigenvalue weighted by Gasteiger charge is -2.15. The molecule has 0 fully saturated rings. The summed E-state index contributed by atoms with van der Waals surface area (Å²) in [6.07, 6.45) is 3.01. The molecular formula is C13H21N5O4. The molecule has 122 valence electrons. The number of oxime groups is 1. The molecule has 9 heteroatoms. The molecule has 1 rings (SSSR count). The molecule has 1 amide bonds. The van der Waals surface area contributed by atoms with Gasteiger partial charge in [0.15, 0.2) is 11.5 Å². The standard InChI is InChI=1S/C13H21N5O4/c1-4-22-10(20)6-5-7-18-8-15-11(12(14)16-21-3)13(18)17(2)9-19/h8-9H,4-7H2,1-3H3,(H2,14,16). The summed E-state index contributed by atoms with van der Waals surface area (Å²) >= 11 is 0. The minimum Gasteiger partial charge on any atom is -0.466 e. The first-order valence-electron chi connectivity index (χ1n) is 6.81. The minimum absolute atomic E-state index is 0.0651. The van der Waals surface area contributed by atoms with E-state index in [0.29, 0.717) is 37.5 Å². The van der Waals surface area contributed by atoms with Crippen LogP contribution in [-0.2, 0) is 25.7 Å². The lowest BCUT2D eigenvalue weighted by atomic mass is 10.3. The number of carbonyl (C=O) groups excluding carboxylic acids is 2. The number of amides is 1. The molecule has 0 atom stereocenters. The fraction of sp³-hybridized carbons (Fsp3) is 0.538. The Balaban J connectivity index is 2.88. The number of anilines is 1. The quantitative estimate of drug-likeness (QED) is 0.227. The largest absolute Gasteiger partial charge is 0.466 e. The number of hydrogen-bond acceptors (Lipinski definition) is 6. The van der Waals surface area contributed by atoms with Gasteiger partial charge >= 0.3 is 5.97 Å². The summed E-state index contributed by atoms with van der Waals surface area (Å²) in [6.45, 7) is 2.60. The second-order valence-electron chi connectivity index (χ2n) is 4.39. The van der Waals surface area contributed by atoms with E-state index in [2.05, 4.69) is 15.0 Å². The van der Waals surface area contributed by atoms with Gasteiger partial charge in [-0.15, -0.1) is 0 Å². The number of aromatic nitrogens is 2. The average molecular weight is 311 g/mol. The number of nitrogens with zero attached hydrogens (tertiary/aromatic N) is 4. The van der Waals surface area contributed by atoms with Gasteiger partial charge in [-0.2, -0.15) is 0 Å². The zero-order valence-corrected chi connectivity index (χ0v) is 13.0. The van der Waals surface area contributed by atoms with Gasteiger partial charge in [0.05, 0.1) is 12.9 Å². The normalized spacial score (nSPS) is 11.1. The fourth-order valence-corrected chi connectivity index (χ4v) is 1.91. The van der Waals surface area contributed by atoms with Crippen LogP contribution in [0.4, 0.5) is 5.82 Å². The Morgan fingerprint density at radius 2 is 2.32 bits per heavy atom.